The van der Waals surface area contributed by atoms with Crippen LogP contribution < -0.4 is 22.0 Å². The maximum atomic E-state index is 14.0. The molecule has 2 aromatic carbocycles. The van der Waals surface area contributed by atoms with E-state index in [9.17, 15) is 43.3 Å². The van der Waals surface area contributed by atoms with Crippen molar-refractivity contribution in [3.8, 4) is 46.4 Å². The van der Waals surface area contributed by atoms with Crippen molar-refractivity contribution in [2.24, 2.45) is 0 Å². The monoisotopic (exact) mass is 1070 g/mol. The van der Waals surface area contributed by atoms with Crippen LogP contribution >= 0.6 is 15.6 Å². The molecule has 4 atom stereocenters. The molecule has 3 N–H and O–H groups in total. The van der Waals surface area contributed by atoms with Gasteiger partial charge in [-0.2, -0.15) is 15.8 Å². The largest absolute Gasteiger partial charge is 0.508 e. The van der Waals surface area contributed by atoms with Gasteiger partial charge in [0.15, 0.2) is 5.43 Å². The normalized spacial score (nSPS) is 16.3. The van der Waals surface area contributed by atoms with Gasteiger partial charge in [-0.05, 0) is 68.1 Å². The standard InChI is InChI=1S/C50H56N6O17P2/c1-3-4-22-55-48(60)33(2)31-56(50(55)63)45-30-43(73-75(65,68-25-10-19-52)69-26-11-20-53)44(72-45)32-70-74(64,67-24-9-18-51)66-23-8-6-5-7-21-54-47(59)34-12-15-37(40(27-34)49(61)62)46-38-16-13-35(57)28-41(38)71-42-29-36(58)14-17-39(42)46/h12-17,27-29,31,43-45,57H,3-11,21-26,30,32H2,1-2H3,(H,54,59)(H,61,62)/t43-,44+,45+,74?/m0/s1. The Morgan fingerprint density at radius 2 is 1.48 bits per heavy atom. The zero-order valence-electron chi connectivity index (χ0n) is 41.2. The first-order chi connectivity index (χ1) is 36.0. The first-order valence-electron chi connectivity index (χ1n) is 24.1. The molecule has 1 aliphatic carbocycles. The summed E-state index contributed by atoms with van der Waals surface area (Å²) in [5, 5.41) is 51.0. The molecule has 1 unspecified atom stereocenters. The number of hydrogen-bond donors (Lipinski definition) is 3. The number of amides is 1. The number of hydrogen-bond acceptors (Lipinski definition) is 19. The topological polar surface area (TPSA) is 331 Å². The molecule has 0 bridgehead atoms. The number of aromatic hydroxyl groups is 1. The Bertz CT molecular complexity index is 3200. The highest BCUT2D eigenvalue weighted by molar-refractivity contribution is 7.48. The minimum atomic E-state index is -4.52. The van der Waals surface area contributed by atoms with Crippen LogP contribution in [0, 0.1) is 40.9 Å². The average molecular weight is 1070 g/mol. The number of phosphoric acid groups is 2. The van der Waals surface area contributed by atoms with E-state index in [1.54, 1.807) is 6.07 Å². The fraction of sp³-hybridized carbons (Fsp3) is 0.440. The van der Waals surface area contributed by atoms with Gasteiger partial charge in [0.2, 0.25) is 0 Å². The van der Waals surface area contributed by atoms with E-state index in [0.29, 0.717) is 55.0 Å². The number of rotatable bonds is 29. The fourth-order valence-electron chi connectivity index (χ4n) is 8.05. The van der Waals surface area contributed by atoms with Gasteiger partial charge in [-0.25, -0.2) is 18.7 Å². The molecule has 25 heteroatoms. The van der Waals surface area contributed by atoms with Gasteiger partial charge in [-0.15, -0.1) is 0 Å². The molecule has 6 rings (SSSR count). The van der Waals surface area contributed by atoms with Crippen molar-refractivity contribution in [1.29, 1.82) is 15.8 Å². The molecule has 75 heavy (non-hydrogen) atoms. The third kappa shape index (κ3) is 15.2. The molecule has 0 spiro atoms. The number of nitriles is 3. The molecule has 1 fully saturated rings. The van der Waals surface area contributed by atoms with E-state index in [1.807, 2.05) is 25.1 Å². The van der Waals surface area contributed by atoms with Crippen molar-refractivity contribution in [2.75, 3.05) is 39.6 Å². The number of benzene rings is 3. The number of unbranched alkanes of at least 4 members (excludes halogenated alkanes) is 4. The molecule has 1 amide bonds. The number of aromatic nitrogens is 2. The van der Waals surface area contributed by atoms with E-state index in [-0.39, 0.29) is 110 Å². The summed E-state index contributed by atoms with van der Waals surface area (Å²) in [6, 6.07) is 18.3. The predicted molar refractivity (Wildman–Crippen MR) is 268 cm³/mol. The molecule has 0 saturated carbocycles. The second-order valence-corrected chi connectivity index (χ2v) is 20.4. The van der Waals surface area contributed by atoms with Gasteiger partial charge in [0.25, 0.3) is 11.5 Å². The van der Waals surface area contributed by atoms with Gasteiger partial charge < -0.3 is 24.7 Å². The Morgan fingerprint density at radius 3 is 2.16 bits per heavy atom. The maximum absolute atomic E-state index is 14.0. The van der Waals surface area contributed by atoms with Crippen LogP contribution in [-0.4, -0.2) is 83.0 Å². The van der Waals surface area contributed by atoms with Crippen LogP contribution in [0.2, 0.25) is 0 Å². The Balaban J connectivity index is 1.08. The number of carbonyl (C=O) groups is 2. The van der Waals surface area contributed by atoms with E-state index >= 15 is 0 Å². The molecular formula is C50H56N6O17P2. The number of ether oxygens (including phenoxy) is 1. The van der Waals surface area contributed by atoms with E-state index in [0.717, 1.165) is 4.57 Å². The highest BCUT2D eigenvalue weighted by atomic mass is 31.2. The predicted octanol–water partition coefficient (Wildman–Crippen LogP) is 8.10. The molecule has 3 aromatic rings. The summed E-state index contributed by atoms with van der Waals surface area (Å²) in [7, 11) is -8.98. The summed E-state index contributed by atoms with van der Waals surface area (Å²) >= 11 is 0. The number of phosphoric ester groups is 2. The molecule has 398 valence electrons. The number of aryl methyl sites for hydroxylation is 1. The summed E-state index contributed by atoms with van der Waals surface area (Å²) in [6.45, 7) is 1.98. The van der Waals surface area contributed by atoms with Gasteiger partial charge in [-0.3, -0.25) is 50.7 Å². The van der Waals surface area contributed by atoms with Crippen LogP contribution in [-0.2, 0) is 47.6 Å². The Kier molecular flexibility index (Phi) is 20.8. The fourth-order valence-corrected chi connectivity index (χ4v) is 10.7. The van der Waals surface area contributed by atoms with Crippen LogP contribution in [0.5, 0.6) is 5.75 Å². The molecular weight excluding hydrogens is 1020 g/mol. The van der Waals surface area contributed by atoms with Crippen molar-refractivity contribution in [2.45, 2.75) is 103 Å². The van der Waals surface area contributed by atoms with E-state index in [1.165, 1.54) is 66.2 Å². The van der Waals surface area contributed by atoms with Gasteiger partial charge in [0.1, 0.15) is 35.5 Å². The minimum Gasteiger partial charge on any atom is -0.508 e. The summed E-state index contributed by atoms with van der Waals surface area (Å²) in [5.41, 5.74) is -0.00343. The van der Waals surface area contributed by atoms with Crippen molar-refractivity contribution in [3.05, 3.63) is 109 Å². The van der Waals surface area contributed by atoms with Crippen LogP contribution in [0.1, 0.15) is 104 Å². The number of aromatic carboxylic acids is 1. The SMILES string of the molecule is CCCCn1c(=O)c(C)cn([C@H]2C[C@H](OP(=O)(OCCC#N)OCCC#N)[C@@H](COP(=O)(OCCC#N)OCCCCCCNC(=O)c3ccc(-c4c5ccc(=O)cc-5oc5cc(O)ccc45)c(C(=O)O)c3)O2)c1=O. The average Bonchev–Trinajstić information content (AvgIpc) is 3.78. The number of fused-ring (bicyclic) bond motifs is 2. The molecule has 2 aliphatic heterocycles. The van der Waals surface area contributed by atoms with Crippen molar-refractivity contribution >= 4 is 38.5 Å². The Labute approximate surface area is 430 Å². The second-order valence-electron chi connectivity index (χ2n) is 17.1. The number of nitrogens with zero attached hydrogens (tertiary/aromatic N) is 5. The zero-order chi connectivity index (χ0) is 54.1. The minimum absolute atomic E-state index is 0.0844. The van der Waals surface area contributed by atoms with Gasteiger partial charge in [0.05, 0.1) is 76.1 Å². The molecule has 23 nitrogen and oxygen atoms in total. The van der Waals surface area contributed by atoms with Gasteiger partial charge >= 0.3 is 27.3 Å². The Morgan fingerprint density at radius 1 is 0.813 bits per heavy atom. The summed E-state index contributed by atoms with van der Waals surface area (Å²) in [5.74, 6) is -1.75. The third-order valence-electron chi connectivity index (χ3n) is 11.7. The lowest BCUT2D eigenvalue weighted by molar-refractivity contribution is -0.0500. The van der Waals surface area contributed by atoms with Gasteiger partial charge in [0, 0.05) is 65.5 Å². The molecule has 1 saturated heterocycles. The first-order valence-corrected chi connectivity index (χ1v) is 27.0. The molecule has 3 heterocycles. The lowest BCUT2D eigenvalue weighted by Crippen LogP contribution is -2.42. The number of carbonyl (C=O) groups excluding carboxylic acids is 1. The van der Waals surface area contributed by atoms with E-state index < -0.39 is 63.8 Å². The van der Waals surface area contributed by atoms with Crippen LogP contribution in [0.4, 0.5) is 0 Å². The summed E-state index contributed by atoms with van der Waals surface area (Å²) in [6.07, 6.45) is 0.0672. The number of phenolic OH excluding ortho intramolecular Hbond substituents is 1. The highest BCUT2D eigenvalue weighted by Gasteiger charge is 2.45. The number of carboxylic acid groups (broad SMARTS) is 1. The number of carboxylic acids is 1. The van der Waals surface area contributed by atoms with Crippen molar-refractivity contribution < 1.29 is 65.2 Å². The smallest absolute Gasteiger partial charge is 0.475 e. The van der Waals surface area contributed by atoms with Crippen LogP contribution in [0.3, 0.4) is 0 Å². The first kappa shape index (κ1) is 57.5. The summed E-state index contributed by atoms with van der Waals surface area (Å²) < 4.78 is 75.7. The molecule has 3 aliphatic rings. The summed E-state index contributed by atoms with van der Waals surface area (Å²) in [4.78, 5) is 64.8. The quantitative estimate of drug-likeness (QED) is 0.0231. The second kappa shape index (κ2) is 27.1. The zero-order valence-corrected chi connectivity index (χ0v) is 43.0. The van der Waals surface area contributed by atoms with Gasteiger partial charge in [-0.1, -0.05) is 32.3 Å². The van der Waals surface area contributed by atoms with E-state index in [4.69, 9.17) is 52.1 Å². The maximum Gasteiger partial charge on any atom is 0.475 e. The van der Waals surface area contributed by atoms with E-state index in [2.05, 4.69) is 5.32 Å². The van der Waals surface area contributed by atoms with Crippen molar-refractivity contribution in [3.63, 3.8) is 0 Å². The lowest BCUT2D eigenvalue weighted by Gasteiger charge is -2.25. The molecule has 1 aromatic heterocycles. The Hall–Kier alpha value is -6.80. The lowest BCUT2D eigenvalue weighted by atomic mass is 9.90. The molecule has 0 radical (unpaired) electrons. The third-order valence-corrected chi connectivity index (χ3v) is 14.7. The van der Waals surface area contributed by atoms with Crippen LogP contribution in [0.25, 0.3) is 33.4 Å². The number of nitrogens with one attached hydrogen (secondary N) is 1. The van der Waals surface area contributed by atoms with Crippen molar-refractivity contribution in [1.82, 2.24) is 14.5 Å². The number of phenols is 1. The van der Waals surface area contributed by atoms with Crippen LogP contribution in [0.15, 0.2) is 79.6 Å². The highest BCUT2D eigenvalue weighted by Crippen LogP contribution is 2.55.